The average Bonchev–Trinajstić information content (AvgIpc) is 2.33. The summed E-state index contributed by atoms with van der Waals surface area (Å²) in [7, 11) is 1.54. The first-order valence-corrected chi connectivity index (χ1v) is 4.87. The van der Waals surface area contributed by atoms with Crippen molar-refractivity contribution in [3.8, 4) is 0 Å². The SMILES string of the molecule is CNC[C@H](O)[C@@H](O)[C@H](O)[C@H](O)COC(=O)NO. The molecule has 9 nitrogen and oxygen atoms in total. The number of nitrogens with one attached hydrogen (secondary N) is 2. The van der Waals surface area contributed by atoms with E-state index in [2.05, 4.69) is 10.1 Å². The Bertz CT molecular complexity index is 228. The van der Waals surface area contributed by atoms with Gasteiger partial charge in [0.1, 0.15) is 24.9 Å². The van der Waals surface area contributed by atoms with E-state index in [9.17, 15) is 25.2 Å². The summed E-state index contributed by atoms with van der Waals surface area (Å²) in [6.07, 6.45) is -7.37. The van der Waals surface area contributed by atoms with E-state index in [0.717, 1.165) is 5.48 Å². The van der Waals surface area contributed by atoms with E-state index in [1.165, 1.54) is 7.05 Å². The molecule has 4 atom stereocenters. The minimum absolute atomic E-state index is 0.0168. The van der Waals surface area contributed by atoms with Gasteiger partial charge in [0.15, 0.2) is 0 Å². The van der Waals surface area contributed by atoms with E-state index in [4.69, 9.17) is 5.21 Å². The minimum Gasteiger partial charge on any atom is -0.445 e. The topological polar surface area (TPSA) is 152 Å². The van der Waals surface area contributed by atoms with Gasteiger partial charge in [-0.2, -0.15) is 0 Å². The summed E-state index contributed by atoms with van der Waals surface area (Å²) >= 11 is 0. The molecule has 0 radical (unpaired) electrons. The average molecular weight is 254 g/mol. The van der Waals surface area contributed by atoms with Gasteiger partial charge in [0.05, 0.1) is 6.10 Å². The molecule has 0 aliphatic rings. The van der Waals surface area contributed by atoms with Crippen LogP contribution in [0.3, 0.4) is 0 Å². The van der Waals surface area contributed by atoms with Gasteiger partial charge in [0.25, 0.3) is 0 Å². The van der Waals surface area contributed by atoms with Crippen LogP contribution in [0.25, 0.3) is 0 Å². The normalized spacial score (nSPS) is 18.0. The first-order valence-electron chi connectivity index (χ1n) is 4.87. The second-order valence-electron chi connectivity index (χ2n) is 3.38. The van der Waals surface area contributed by atoms with E-state index < -0.39 is 37.1 Å². The second-order valence-corrected chi connectivity index (χ2v) is 3.38. The van der Waals surface area contributed by atoms with Gasteiger partial charge in [-0.25, -0.2) is 10.3 Å². The van der Waals surface area contributed by atoms with Crippen molar-refractivity contribution in [2.45, 2.75) is 24.4 Å². The highest BCUT2D eigenvalue weighted by Crippen LogP contribution is 2.05. The molecule has 0 aliphatic heterocycles. The largest absolute Gasteiger partial charge is 0.445 e. The van der Waals surface area contributed by atoms with Crippen LogP contribution in [0.2, 0.25) is 0 Å². The van der Waals surface area contributed by atoms with Gasteiger partial charge in [0, 0.05) is 6.54 Å². The number of hydroxylamine groups is 1. The van der Waals surface area contributed by atoms with E-state index in [-0.39, 0.29) is 6.54 Å². The summed E-state index contributed by atoms with van der Waals surface area (Å²) in [5.41, 5.74) is 1.16. The maximum absolute atomic E-state index is 10.4. The number of aliphatic hydroxyl groups is 4. The van der Waals surface area contributed by atoms with E-state index in [0.29, 0.717) is 0 Å². The monoisotopic (exact) mass is 254 g/mol. The molecule has 9 heteroatoms. The van der Waals surface area contributed by atoms with Crippen molar-refractivity contribution in [1.29, 1.82) is 0 Å². The van der Waals surface area contributed by atoms with Crippen LogP contribution in [-0.2, 0) is 4.74 Å². The van der Waals surface area contributed by atoms with Crippen molar-refractivity contribution < 1.29 is 35.2 Å². The first-order chi connectivity index (χ1) is 7.93. The third kappa shape index (κ3) is 5.77. The van der Waals surface area contributed by atoms with Crippen molar-refractivity contribution in [2.75, 3.05) is 20.2 Å². The van der Waals surface area contributed by atoms with Crippen molar-refractivity contribution in [3.63, 3.8) is 0 Å². The molecule has 0 aromatic heterocycles. The number of carbonyl (C=O) groups excluding carboxylic acids is 1. The van der Waals surface area contributed by atoms with Crippen LogP contribution < -0.4 is 10.8 Å². The molecule has 1 amide bonds. The Balaban J connectivity index is 4.10. The number of aliphatic hydroxyl groups excluding tert-OH is 4. The maximum atomic E-state index is 10.4. The zero-order valence-corrected chi connectivity index (χ0v) is 9.28. The van der Waals surface area contributed by atoms with Crippen molar-refractivity contribution in [2.24, 2.45) is 0 Å². The third-order valence-electron chi connectivity index (χ3n) is 2.03. The lowest BCUT2D eigenvalue weighted by molar-refractivity contribution is -0.115. The Kier molecular flexibility index (Phi) is 7.70. The highest BCUT2D eigenvalue weighted by molar-refractivity contribution is 5.65. The summed E-state index contributed by atoms with van der Waals surface area (Å²) in [4.78, 5) is 10.4. The summed E-state index contributed by atoms with van der Waals surface area (Å²) in [6.45, 7) is -0.625. The predicted molar refractivity (Wildman–Crippen MR) is 54.2 cm³/mol. The molecular weight excluding hydrogens is 236 g/mol. The van der Waals surface area contributed by atoms with Gasteiger partial charge in [-0.05, 0) is 7.05 Å². The van der Waals surface area contributed by atoms with Crippen LogP contribution >= 0.6 is 0 Å². The minimum atomic E-state index is -1.69. The molecule has 0 fully saturated rings. The van der Waals surface area contributed by atoms with E-state index >= 15 is 0 Å². The number of carbonyl (C=O) groups is 1. The van der Waals surface area contributed by atoms with Gasteiger partial charge in [0.2, 0.25) is 0 Å². The number of ether oxygens (including phenoxy) is 1. The zero-order valence-electron chi connectivity index (χ0n) is 9.28. The molecule has 102 valence electrons. The quantitative estimate of drug-likeness (QED) is 0.185. The molecule has 0 rings (SSSR count). The predicted octanol–water partition coefficient (Wildman–Crippen LogP) is -3.24. The first kappa shape index (κ1) is 16.0. The summed E-state index contributed by atoms with van der Waals surface area (Å²) in [5, 5.41) is 48.1. The summed E-state index contributed by atoms with van der Waals surface area (Å²) < 4.78 is 4.25. The molecule has 0 saturated carbocycles. The lowest BCUT2D eigenvalue weighted by Crippen LogP contribution is -2.49. The molecule has 7 N–H and O–H groups in total. The van der Waals surface area contributed by atoms with Crippen LogP contribution in [0.4, 0.5) is 4.79 Å². The van der Waals surface area contributed by atoms with Gasteiger partial charge >= 0.3 is 6.09 Å². The Labute approximate surface area is 97.6 Å². The van der Waals surface area contributed by atoms with Gasteiger partial charge in [-0.15, -0.1) is 0 Å². The number of hydrogen-bond acceptors (Lipinski definition) is 8. The summed E-state index contributed by atoms with van der Waals surface area (Å²) in [5.74, 6) is 0. The molecule has 0 bridgehead atoms. The van der Waals surface area contributed by atoms with Crippen LogP contribution in [-0.4, -0.2) is 76.3 Å². The number of likely N-dealkylation sites (N-methyl/N-ethyl adjacent to an activating group) is 1. The Morgan fingerprint density at radius 1 is 1.18 bits per heavy atom. The lowest BCUT2D eigenvalue weighted by Gasteiger charge is -2.26. The molecule has 0 aromatic rings. The number of rotatable bonds is 7. The van der Waals surface area contributed by atoms with Crippen LogP contribution in [0.15, 0.2) is 0 Å². The van der Waals surface area contributed by atoms with Crippen LogP contribution in [0.5, 0.6) is 0 Å². The Morgan fingerprint density at radius 2 is 1.71 bits per heavy atom. The van der Waals surface area contributed by atoms with Gasteiger partial charge in [-0.1, -0.05) is 0 Å². The van der Waals surface area contributed by atoms with Crippen molar-refractivity contribution in [1.82, 2.24) is 10.8 Å². The van der Waals surface area contributed by atoms with Gasteiger partial charge in [-0.3, -0.25) is 5.21 Å². The fourth-order valence-corrected chi connectivity index (χ4v) is 1.08. The maximum Gasteiger partial charge on any atom is 0.431 e. The molecule has 0 heterocycles. The molecular formula is C8H18N2O7. The second kappa shape index (κ2) is 8.17. The Morgan fingerprint density at radius 3 is 2.18 bits per heavy atom. The van der Waals surface area contributed by atoms with Gasteiger partial charge < -0.3 is 30.5 Å². The van der Waals surface area contributed by atoms with E-state index in [1.54, 1.807) is 0 Å². The van der Waals surface area contributed by atoms with Crippen molar-refractivity contribution in [3.05, 3.63) is 0 Å². The fourth-order valence-electron chi connectivity index (χ4n) is 1.08. The number of hydrogen-bond donors (Lipinski definition) is 7. The molecule has 0 aliphatic carbocycles. The summed E-state index contributed by atoms with van der Waals surface area (Å²) in [6, 6.07) is 0. The highest BCUT2D eigenvalue weighted by Gasteiger charge is 2.30. The standard InChI is InChI=1S/C8H18N2O7/c1-9-2-4(11)6(13)7(14)5(12)3-17-8(15)10-16/h4-7,9,11-14,16H,2-3H2,1H3,(H,10,15)/t4-,5+,6+,7+/m0/s1. The zero-order chi connectivity index (χ0) is 13.4. The lowest BCUT2D eigenvalue weighted by atomic mass is 10.0. The molecule has 0 spiro atoms. The number of amides is 1. The van der Waals surface area contributed by atoms with Crippen molar-refractivity contribution >= 4 is 6.09 Å². The highest BCUT2D eigenvalue weighted by atomic mass is 16.6. The van der Waals surface area contributed by atoms with E-state index in [1.807, 2.05) is 0 Å². The smallest absolute Gasteiger partial charge is 0.431 e. The molecule has 0 unspecified atom stereocenters. The van der Waals surface area contributed by atoms with Crippen LogP contribution in [0, 0.1) is 0 Å². The Hall–Kier alpha value is -0.970. The third-order valence-corrected chi connectivity index (χ3v) is 2.03. The molecule has 0 saturated heterocycles. The van der Waals surface area contributed by atoms with Crippen LogP contribution in [0.1, 0.15) is 0 Å². The fraction of sp³-hybridized carbons (Fsp3) is 0.875. The molecule has 0 aromatic carbocycles. The molecule has 17 heavy (non-hydrogen) atoms.